The lowest BCUT2D eigenvalue weighted by atomic mass is 9.76. The smallest absolute Gasteiger partial charge is 0.127 e. The first-order valence-electron chi connectivity index (χ1n) is 4.37. The second-order valence-corrected chi connectivity index (χ2v) is 4.51. The van der Waals surface area contributed by atoms with Gasteiger partial charge < -0.3 is 5.73 Å². The average Bonchev–Trinajstić information content (AvgIpc) is 2.00. The molecule has 0 aromatic heterocycles. The summed E-state index contributed by atoms with van der Waals surface area (Å²) in [5.74, 6) is 0.217. The normalized spacial score (nSPS) is 27.0. The summed E-state index contributed by atoms with van der Waals surface area (Å²) in [6, 6.07) is 5.50. The van der Waals surface area contributed by atoms with Gasteiger partial charge in [-0.15, -0.1) is 0 Å². The van der Waals surface area contributed by atoms with Crippen molar-refractivity contribution in [2.45, 2.75) is 24.8 Å². The van der Waals surface area contributed by atoms with Crippen LogP contribution < -0.4 is 5.73 Å². The van der Waals surface area contributed by atoms with Gasteiger partial charge in [-0.3, -0.25) is 0 Å². The van der Waals surface area contributed by atoms with E-state index >= 15 is 0 Å². The Bertz CT molecular complexity index is 321. The summed E-state index contributed by atoms with van der Waals surface area (Å²) in [5, 5.41) is 0. The summed E-state index contributed by atoms with van der Waals surface area (Å²) in [6.07, 6.45) is 1.83. The van der Waals surface area contributed by atoms with Crippen LogP contribution in [0.15, 0.2) is 22.7 Å². The van der Waals surface area contributed by atoms with Gasteiger partial charge >= 0.3 is 0 Å². The van der Waals surface area contributed by atoms with E-state index in [9.17, 15) is 4.39 Å². The Morgan fingerprint density at radius 3 is 2.62 bits per heavy atom. The van der Waals surface area contributed by atoms with Crippen molar-refractivity contribution in [3.05, 3.63) is 34.1 Å². The van der Waals surface area contributed by atoms with Crippen LogP contribution >= 0.6 is 15.9 Å². The summed E-state index contributed by atoms with van der Waals surface area (Å²) in [7, 11) is 0. The highest BCUT2D eigenvalue weighted by molar-refractivity contribution is 9.10. The molecule has 0 heterocycles. The van der Waals surface area contributed by atoms with Crippen LogP contribution in [-0.4, -0.2) is 6.04 Å². The standard InChI is InChI=1S/C10H11BrFN/c11-7-1-2-9(10(12)5-7)6-3-8(13)4-6/h1-2,5-6,8H,3-4,13H2. The van der Waals surface area contributed by atoms with Crippen LogP contribution in [0.1, 0.15) is 24.3 Å². The third kappa shape index (κ3) is 1.76. The van der Waals surface area contributed by atoms with Crippen molar-refractivity contribution >= 4 is 15.9 Å². The molecule has 2 rings (SSSR count). The van der Waals surface area contributed by atoms with Crippen molar-refractivity contribution in [2.24, 2.45) is 5.73 Å². The van der Waals surface area contributed by atoms with Crippen LogP contribution in [0, 0.1) is 5.82 Å². The fourth-order valence-corrected chi connectivity index (χ4v) is 2.08. The fraction of sp³-hybridized carbons (Fsp3) is 0.400. The zero-order valence-corrected chi connectivity index (χ0v) is 8.72. The van der Waals surface area contributed by atoms with Gasteiger partial charge in [0.25, 0.3) is 0 Å². The molecule has 1 aliphatic carbocycles. The molecule has 1 saturated carbocycles. The molecule has 0 amide bonds. The lowest BCUT2D eigenvalue weighted by Crippen LogP contribution is -2.35. The van der Waals surface area contributed by atoms with E-state index in [0.717, 1.165) is 22.9 Å². The summed E-state index contributed by atoms with van der Waals surface area (Å²) in [4.78, 5) is 0. The third-order valence-corrected chi connectivity index (χ3v) is 3.07. The quantitative estimate of drug-likeness (QED) is 0.807. The van der Waals surface area contributed by atoms with Gasteiger partial charge in [0, 0.05) is 10.5 Å². The molecule has 1 aromatic carbocycles. The molecule has 0 saturated heterocycles. The van der Waals surface area contributed by atoms with Gasteiger partial charge in [-0.2, -0.15) is 0 Å². The van der Waals surface area contributed by atoms with Gasteiger partial charge in [0.05, 0.1) is 0 Å². The Morgan fingerprint density at radius 2 is 2.08 bits per heavy atom. The van der Waals surface area contributed by atoms with Crippen LogP contribution in [0.3, 0.4) is 0 Å². The number of rotatable bonds is 1. The number of hydrogen-bond acceptors (Lipinski definition) is 1. The van der Waals surface area contributed by atoms with Crippen molar-refractivity contribution in [3.8, 4) is 0 Å². The Balaban J connectivity index is 2.21. The summed E-state index contributed by atoms with van der Waals surface area (Å²) < 4.78 is 14.2. The van der Waals surface area contributed by atoms with Gasteiger partial charge in [0.2, 0.25) is 0 Å². The molecule has 1 aliphatic rings. The second-order valence-electron chi connectivity index (χ2n) is 3.59. The van der Waals surface area contributed by atoms with Crippen molar-refractivity contribution in [3.63, 3.8) is 0 Å². The molecule has 0 atom stereocenters. The first-order valence-corrected chi connectivity index (χ1v) is 5.16. The maximum atomic E-state index is 13.4. The van der Waals surface area contributed by atoms with E-state index < -0.39 is 0 Å². The van der Waals surface area contributed by atoms with Crippen LogP contribution in [0.25, 0.3) is 0 Å². The van der Waals surface area contributed by atoms with E-state index in [1.54, 1.807) is 0 Å². The lowest BCUT2D eigenvalue weighted by molar-refractivity contribution is 0.342. The summed E-state index contributed by atoms with van der Waals surface area (Å²) in [6.45, 7) is 0. The molecule has 0 aliphatic heterocycles. The molecule has 0 radical (unpaired) electrons. The van der Waals surface area contributed by atoms with Crippen molar-refractivity contribution < 1.29 is 4.39 Å². The largest absolute Gasteiger partial charge is 0.328 e. The van der Waals surface area contributed by atoms with Gasteiger partial charge in [-0.1, -0.05) is 22.0 Å². The average molecular weight is 244 g/mol. The molecule has 0 bridgehead atoms. The van der Waals surface area contributed by atoms with Crippen LogP contribution in [0.5, 0.6) is 0 Å². The number of nitrogens with two attached hydrogens (primary N) is 1. The van der Waals surface area contributed by atoms with E-state index in [1.807, 2.05) is 12.1 Å². The monoisotopic (exact) mass is 243 g/mol. The molecule has 3 heteroatoms. The maximum absolute atomic E-state index is 13.4. The van der Waals surface area contributed by atoms with E-state index in [0.29, 0.717) is 5.92 Å². The Labute approximate surface area is 85.3 Å². The van der Waals surface area contributed by atoms with E-state index in [4.69, 9.17) is 5.73 Å². The fourth-order valence-electron chi connectivity index (χ4n) is 1.75. The third-order valence-electron chi connectivity index (χ3n) is 2.58. The number of benzene rings is 1. The van der Waals surface area contributed by atoms with Gasteiger partial charge in [-0.05, 0) is 36.5 Å². The molecule has 0 spiro atoms. The molecule has 0 unspecified atom stereocenters. The van der Waals surface area contributed by atoms with E-state index in [-0.39, 0.29) is 11.9 Å². The van der Waals surface area contributed by atoms with E-state index in [1.165, 1.54) is 6.07 Å². The number of hydrogen-bond donors (Lipinski definition) is 1. The summed E-state index contributed by atoms with van der Waals surface area (Å²) >= 11 is 3.23. The highest BCUT2D eigenvalue weighted by Crippen LogP contribution is 2.37. The lowest BCUT2D eigenvalue weighted by Gasteiger charge is -2.32. The first kappa shape index (κ1) is 9.16. The molecule has 70 valence electrons. The molecule has 13 heavy (non-hydrogen) atoms. The van der Waals surface area contributed by atoms with Crippen molar-refractivity contribution in [1.82, 2.24) is 0 Å². The van der Waals surface area contributed by atoms with Gasteiger partial charge in [-0.25, -0.2) is 4.39 Å². The van der Waals surface area contributed by atoms with Crippen molar-refractivity contribution in [2.75, 3.05) is 0 Å². The van der Waals surface area contributed by atoms with Gasteiger partial charge in [0.1, 0.15) is 5.82 Å². The predicted octanol–water partition coefficient (Wildman–Crippen LogP) is 2.79. The minimum absolute atomic E-state index is 0.119. The minimum Gasteiger partial charge on any atom is -0.328 e. The molecular formula is C10H11BrFN. The van der Waals surface area contributed by atoms with Gasteiger partial charge in [0.15, 0.2) is 0 Å². The highest BCUT2D eigenvalue weighted by Gasteiger charge is 2.29. The topological polar surface area (TPSA) is 26.0 Å². The van der Waals surface area contributed by atoms with Crippen molar-refractivity contribution in [1.29, 1.82) is 0 Å². The molecule has 1 fully saturated rings. The molecular weight excluding hydrogens is 233 g/mol. The Hall–Kier alpha value is -0.410. The minimum atomic E-state index is -0.119. The molecule has 1 nitrogen and oxygen atoms in total. The molecule has 1 aromatic rings. The predicted molar refractivity (Wildman–Crippen MR) is 54.1 cm³/mol. The second kappa shape index (κ2) is 3.39. The Morgan fingerprint density at radius 1 is 1.38 bits per heavy atom. The summed E-state index contributed by atoms with van der Waals surface area (Å²) in [5.41, 5.74) is 6.46. The first-order chi connectivity index (χ1) is 6.16. The van der Waals surface area contributed by atoms with Crippen LogP contribution in [0.4, 0.5) is 4.39 Å². The highest BCUT2D eigenvalue weighted by atomic mass is 79.9. The maximum Gasteiger partial charge on any atom is 0.127 e. The van der Waals surface area contributed by atoms with Crippen LogP contribution in [0.2, 0.25) is 0 Å². The SMILES string of the molecule is NC1CC(c2ccc(Br)cc2F)C1. The Kier molecular flexibility index (Phi) is 2.39. The zero-order chi connectivity index (χ0) is 9.42. The van der Waals surface area contributed by atoms with E-state index in [2.05, 4.69) is 15.9 Å². The van der Waals surface area contributed by atoms with Crippen LogP contribution in [-0.2, 0) is 0 Å². The zero-order valence-electron chi connectivity index (χ0n) is 7.13. The molecule has 2 N–H and O–H groups in total. The number of halogens is 2.